The van der Waals surface area contributed by atoms with Gasteiger partial charge in [0.2, 0.25) is 10.0 Å². The highest BCUT2D eigenvalue weighted by Crippen LogP contribution is 2.32. The molecule has 2 aromatic rings. The van der Waals surface area contributed by atoms with E-state index < -0.39 is 22.0 Å². The minimum atomic E-state index is -3.72. The Bertz CT molecular complexity index is 1070. The van der Waals surface area contributed by atoms with Crippen LogP contribution in [0.25, 0.3) is 0 Å². The summed E-state index contributed by atoms with van der Waals surface area (Å²) in [6, 6.07) is 8.69. The van der Waals surface area contributed by atoms with Gasteiger partial charge in [-0.15, -0.1) is 0 Å². The first-order chi connectivity index (χ1) is 13.1. The fourth-order valence-corrected chi connectivity index (χ4v) is 3.67. The molecular weight excluding hydrogens is 406 g/mol. The van der Waals surface area contributed by atoms with Crippen molar-refractivity contribution in [2.75, 3.05) is 24.7 Å². The Morgan fingerprint density at radius 3 is 2.61 bits per heavy atom. The number of nitrogens with one attached hydrogen (secondary N) is 2. The first-order valence-corrected chi connectivity index (χ1v) is 10.1. The van der Waals surface area contributed by atoms with Gasteiger partial charge in [-0.3, -0.25) is 9.59 Å². The van der Waals surface area contributed by atoms with Crippen molar-refractivity contribution >= 4 is 44.8 Å². The van der Waals surface area contributed by atoms with E-state index in [2.05, 4.69) is 10.6 Å². The summed E-state index contributed by atoms with van der Waals surface area (Å²) in [5.74, 6) is -0.389. The molecule has 1 aliphatic rings. The average molecular weight is 424 g/mol. The predicted octanol–water partition coefficient (Wildman–Crippen LogP) is 2.56. The Labute approximate surface area is 167 Å². The minimum absolute atomic E-state index is 0.0104. The zero-order chi connectivity index (χ0) is 20.6. The van der Waals surface area contributed by atoms with Crippen LogP contribution in [0.5, 0.6) is 5.75 Å². The number of halogens is 1. The van der Waals surface area contributed by atoms with Gasteiger partial charge < -0.3 is 15.4 Å². The SMILES string of the molecule is CC1Oc2ccc(NC(=O)c3cc(S(=O)(=O)N(C)C)ccc3Cl)cc2NC1=O. The van der Waals surface area contributed by atoms with Crippen LogP contribution in [0.3, 0.4) is 0 Å². The summed E-state index contributed by atoms with van der Waals surface area (Å²) < 4.78 is 31.1. The predicted molar refractivity (Wildman–Crippen MR) is 105 cm³/mol. The zero-order valence-corrected chi connectivity index (χ0v) is 16.9. The van der Waals surface area contributed by atoms with E-state index in [1.165, 1.54) is 32.3 Å². The highest BCUT2D eigenvalue weighted by atomic mass is 35.5. The Balaban J connectivity index is 1.88. The number of carbonyl (C=O) groups is 2. The van der Waals surface area contributed by atoms with Crippen LogP contribution in [0.15, 0.2) is 41.3 Å². The third kappa shape index (κ3) is 3.82. The lowest BCUT2D eigenvalue weighted by Crippen LogP contribution is -2.34. The Kier molecular flexibility index (Phi) is 5.33. The second-order valence-corrected chi connectivity index (χ2v) is 8.90. The van der Waals surface area contributed by atoms with Gasteiger partial charge in [-0.05, 0) is 43.3 Å². The molecule has 8 nitrogen and oxygen atoms in total. The summed E-state index contributed by atoms with van der Waals surface area (Å²) in [4.78, 5) is 24.3. The number of rotatable bonds is 4. The van der Waals surface area contributed by atoms with Gasteiger partial charge in [0.15, 0.2) is 6.10 Å². The van der Waals surface area contributed by atoms with Crippen molar-refractivity contribution in [3.8, 4) is 5.75 Å². The standard InChI is InChI=1S/C18H18ClN3O5S/c1-10-17(23)21-15-8-11(4-7-16(15)27-10)20-18(24)13-9-12(5-6-14(13)19)28(25,26)22(2)3/h4-10H,1-3H3,(H,20,24)(H,21,23). The van der Waals surface area contributed by atoms with Crippen molar-refractivity contribution in [2.45, 2.75) is 17.9 Å². The van der Waals surface area contributed by atoms with E-state index in [-0.39, 0.29) is 21.4 Å². The number of benzene rings is 2. The van der Waals surface area contributed by atoms with E-state index in [0.717, 1.165) is 4.31 Å². The van der Waals surface area contributed by atoms with E-state index in [4.69, 9.17) is 16.3 Å². The fraction of sp³-hybridized carbons (Fsp3) is 0.222. The molecule has 0 fully saturated rings. The quantitative estimate of drug-likeness (QED) is 0.786. The summed E-state index contributed by atoms with van der Waals surface area (Å²) >= 11 is 6.09. The van der Waals surface area contributed by atoms with Crippen LogP contribution in [0.1, 0.15) is 17.3 Å². The Morgan fingerprint density at radius 1 is 1.21 bits per heavy atom. The van der Waals surface area contributed by atoms with Gasteiger partial charge in [-0.2, -0.15) is 0 Å². The molecule has 0 saturated heterocycles. The number of carbonyl (C=O) groups excluding carboxylic acids is 2. The monoisotopic (exact) mass is 423 g/mol. The van der Waals surface area contributed by atoms with Crippen molar-refractivity contribution in [1.82, 2.24) is 4.31 Å². The van der Waals surface area contributed by atoms with Gasteiger partial charge >= 0.3 is 0 Å². The number of sulfonamides is 1. The molecule has 1 aliphatic heterocycles. The summed E-state index contributed by atoms with van der Waals surface area (Å²) in [7, 11) is -0.922. The van der Waals surface area contributed by atoms with Crippen molar-refractivity contribution in [2.24, 2.45) is 0 Å². The van der Waals surface area contributed by atoms with Crippen LogP contribution in [-0.4, -0.2) is 44.7 Å². The van der Waals surface area contributed by atoms with Gasteiger partial charge in [0.05, 0.1) is 21.2 Å². The van der Waals surface area contributed by atoms with Crippen molar-refractivity contribution in [1.29, 1.82) is 0 Å². The van der Waals surface area contributed by atoms with Crippen LogP contribution in [0, 0.1) is 0 Å². The molecule has 1 atom stereocenters. The van der Waals surface area contributed by atoms with Gasteiger partial charge in [-0.1, -0.05) is 11.6 Å². The van der Waals surface area contributed by atoms with Crippen LogP contribution in [0.2, 0.25) is 5.02 Å². The highest BCUT2D eigenvalue weighted by Gasteiger charge is 2.24. The van der Waals surface area contributed by atoms with Gasteiger partial charge in [0, 0.05) is 19.8 Å². The number of fused-ring (bicyclic) bond motifs is 1. The maximum Gasteiger partial charge on any atom is 0.265 e. The minimum Gasteiger partial charge on any atom is -0.479 e. The van der Waals surface area contributed by atoms with E-state index in [1.807, 2.05) is 0 Å². The second-order valence-electron chi connectivity index (χ2n) is 6.34. The number of hydrogen-bond donors (Lipinski definition) is 2. The molecule has 10 heteroatoms. The van der Waals surface area contributed by atoms with Gasteiger partial charge in [-0.25, -0.2) is 12.7 Å². The molecule has 2 amide bonds. The molecule has 2 N–H and O–H groups in total. The molecule has 0 saturated carbocycles. The van der Waals surface area contributed by atoms with Gasteiger partial charge in [0.1, 0.15) is 5.75 Å². The lowest BCUT2D eigenvalue weighted by atomic mass is 10.2. The first kappa shape index (κ1) is 20.1. The molecule has 0 aromatic heterocycles. The number of amides is 2. The van der Waals surface area contributed by atoms with Gasteiger partial charge in [0.25, 0.3) is 11.8 Å². The van der Waals surface area contributed by atoms with E-state index in [0.29, 0.717) is 17.1 Å². The molecule has 28 heavy (non-hydrogen) atoms. The number of ether oxygens (including phenoxy) is 1. The van der Waals surface area contributed by atoms with Crippen LogP contribution >= 0.6 is 11.6 Å². The van der Waals surface area contributed by atoms with Crippen LogP contribution in [0.4, 0.5) is 11.4 Å². The van der Waals surface area contributed by atoms with Crippen molar-refractivity contribution in [3.63, 3.8) is 0 Å². The summed E-state index contributed by atoms with van der Waals surface area (Å²) in [6.45, 7) is 1.63. The smallest absolute Gasteiger partial charge is 0.265 e. The topological polar surface area (TPSA) is 105 Å². The highest BCUT2D eigenvalue weighted by molar-refractivity contribution is 7.89. The molecule has 0 spiro atoms. The molecule has 0 radical (unpaired) electrons. The maximum atomic E-state index is 12.6. The van der Waals surface area contributed by atoms with Crippen LogP contribution in [-0.2, 0) is 14.8 Å². The number of anilines is 2. The summed E-state index contributed by atoms with van der Waals surface area (Å²) in [5.41, 5.74) is 0.825. The lowest BCUT2D eigenvalue weighted by molar-refractivity contribution is -0.122. The third-order valence-corrected chi connectivity index (χ3v) is 6.27. The Hall–Kier alpha value is -2.62. The average Bonchev–Trinajstić information content (AvgIpc) is 2.63. The first-order valence-electron chi connectivity index (χ1n) is 8.24. The maximum absolute atomic E-state index is 12.6. The number of hydrogen-bond acceptors (Lipinski definition) is 5. The van der Waals surface area contributed by atoms with E-state index in [9.17, 15) is 18.0 Å². The van der Waals surface area contributed by atoms with E-state index in [1.54, 1.807) is 25.1 Å². The molecule has 1 unspecified atom stereocenters. The summed E-state index contributed by atoms with van der Waals surface area (Å²) in [5, 5.41) is 5.44. The van der Waals surface area contributed by atoms with E-state index >= 15 is 0 Å². The van der Waals surface area contributed by atoms with Crippen molar-refractivity contribution in [3.05, 3.63) is 47.0 Å². The molecule has 0 aliphatic carbocycles. The molecule has 148 valence electrons. The second kappa shape index (κ2) is 7.42. The normalized spacial score (nSPS) is 16.2. The largest absolute Gasteiger partial charge is 0.479 e. The molecular formula is C18H18ClN3O5S. The summed E-state index contributed by atoms with van der Waals surface area (Å²) in [6.07, 6.45) is -0.604. The lowest BCUT2D eigenvalue weighted by Gasteiger charge is -2.23. The number of nitrogens with zero attached hydrogens (tertiary/aromatic N) is 1. The molecule has 0 bridgehead atoms. The molecule has 3 rings (SSSR count). The zero-order valence-electron chi connectivity index (χ0n) is 15.3. The fourth-order valence-electron chi connectivity index (χ4n) is 2.53. The van der Waals surface area contributed by atoms with Crippen LogP contribution < -0.4 is 15.4 Å². The Morgan fingerprint density at radius 2 is 1.93 bits per heavy atom. The molecule has 2 aromatic carbocycles. The van der Waals surface area contributed by atoms with Crippen molar-refractivity contribution < 1.29 is 22.7 Å². The molecule has 1 heterocycles. The third-order valence-electron chi connectivity index (χ3n) is 4.13.